The fourth-order valence-corrected chi connectivity index (χ4v) is 4.20. The molecule has 2 aromatic carbocycles. The number of rotatable bonds is 8. The molecular weight excluding hydrogens is 434 g/mol. The average molecular weight is 468 g/mol. The van der Waals surface area contributed by atoms with Gasteiger partial charge in [-0.15, -0.1) is 0 Å². The van der Waals surface area contributed by atoms with Crippen LogP contribution in [0, 0.1) is 4.77 Å². The summed E-state index contributed by atoms with van der Waals surface area (Å²) < 4.78 is 8.39. The minimum atomic E-state index is 0.193. The number of nitrogens with one attached hydrogen (secondary N) is 1. The first-order chi connectivity index (χ1) is 15.9. The van der Waals surface area contributed by atoms with Gasteiger partial charge in [0.25, 0.3) is 0 Å². The van der Waals surface area contributed by atoms with E-state index in [0.717, 1.165) is 49.6 Å². The normalized spacial score (nSPS) is 15.3. The molecule has 0 amide bonds. The molecule has 1 aromatic heterocycles. The van der Waals surface area contributed by atoms with E-state index in [1.165, 1.54) is 0 Å². The predicted molar refractivity (Wildman–Crippen MR) is 134 cm³/mol. The Balaban J connectivity index is 1.41. The summed E-state index contributed by atoms with van der Waals surface area (Å²) in [6.45, 7) is 10.9. The van der Waals surface area contributed by atoms with Crippen LogP contribution in [-0.2, 0) is 6.54 Å². The van der Waals surface area contributed by atoms with Crippen molar-refractivity contribution in [1.29, 1.82) is 0 Å². The second-order valence-electron chi connectivity index (χ2n) is 9.01. The summed E-state index contributed by atoms with van der Waals surface area (Å²) in [7, 11) is 2.17. The fraction of sp³-hybridized carbons (Fsp3) is 0.440. The number of aromatic amines is 1. The van der Waals surface area contributed by atoms with Crippen molar-refractivity contribution >= 4 is 12.2 Å². The molecular formula is C25H33N5O2S. The lowest BCUT2D eigenvalue weighted by Crippen LogP contribution is -2.45. The largest absolute Gasteiger partial charge is 0.507 e. The fourth-order valence-electron chi connectivity index (χ4n) is 4.00. The van der Waals surface area contributed by atoms with Crippen molar-refractivity contribution in [3.8, 4) is 22.9 Å². The van der Waals surface area contributed by atoms with E-state index < -0.39 is 0 Å². The van der Waals surface area contributed by atoms with E-state index in [0.29, 0.717) is 35.2 Å². The Morgan fingerprint density at radius 3 is 2.52 bits per heavy atom. The quantitative estimate of drug-likeness (QED) is 0.486. The van der Waals surface area contributed by atoms with Crippen LogP contribution < -0.4 is 4.74 Å². The lowest BCUT2D eigenvalue weighted by atomic mass is 10.00. The average Bonchev–Trinajstić information content (AvgIpc) is 3.16. The monoisotopic (exact) mass is 467 g/mol. The summed E-state index contributed by atoms with van der Waals surface area (Å²) in [4.78, 5) is 4.80. The van der Waals surface area contributed by atoms with E-state index in [1.54, 1.807) is 6.07 Å². The Hall–Kier alpha value is -2.68. The van der Waals surface area contributed by atoms with E-state index in [1.807, 2.05) is 41.0 Å². The van der Waals surface area contributed by atoms with E-state index in [-0.39, 0.29) is 5.75 Å². The topological polar surface area (TPSA) is 69.5 Å². The van der Waals surface area contributed by atoms with Gasteiger partial charge < -0.3 is 14.7 Å². The maximum atomic E-state index is 10.5. The molecule has 2 heterocycles. The maximum absolute atomic E-state index is 10.5. The highest BCUT2D eigenvalue weighted by molar-refractivity contribution is 7.71. The van der Waals surface area contributed by atoms with Crippen LogP contribution in [-0.4, -0.2) is 76.0 Å². The van der Waals surface area contributed by atoms with Crippen molar-refractivity contribution in [2.24, 2.45) is 0 Å². The first-order valence-corrected chi connectivity index (χ1v) is 11.9. The summed E-state index contributed by atoms with van der Waals surface area (Å²) in [5, 5.41) is 17.8. The van der Waals surface area contributed by atoms with Crippen LogP contribution in [0.25, 0.3) is 11.4 Å². The van der Waals surface area contributed by atoms with Crippen molar-refractivity contribution in [3.05, 3.63) is 58.4 Å². The number of phenolic OH excluding ortho intramolecular Hbond substituents is 1. The Kier molecular flexibility index (Phi) is 7.47. The van der Waals surface area contributed by atoms with Crippen LogP contribution >= 0.6 is 12.2 Å². The van der Waals surface area contributed by atoms with Crippen LogP contribution in [0.2, 0.25) is 0 Å². The van der Waals surface area contributed by atoms with Gasteiger partial charge in [-0.25, -0.2) is 0 Å². The highest BCUT2D eigenvalue weighted by atomic mass is 32.1. The van der Waals surface area contributed by atoms with Gasteiger partial charge in [-0.3, -0.25) is 14.6 Å². The van der Waals surface area contributed by atoms with Crippen molar-refractivity contribution < 1.29 is 9.84 Å². The third-order valence-electron chi connectivity index (χ3n) is 6.22. The minimum Gasteiger partial charge on any atom is -0.507 e. The Morgan fingerprint density at radius 1 is 1.09 bits per heavy atom. The summed E-state index contributed by atoms with van der Waals surface area (Å²) in [6, 6.07) is 13.7. The number of H-pyrrole nitrogens is 1. The highest BCUT2D eigenvalue weighted by Gasteiger charge is 2.16. The molecule has 176 valence electrons. The molecule has 1 fully saturated rings. The Bertz CT molecular complexity index is 1110. The zero-order valence-corrected chi connectivity index (χ0v) is 20.4. The molecule has 1 aliphatic rings. The molecule has 33 heavy (non-hydrogen) atoms. The number of aromatic nitrogens is 3. The molecule has 0 unspecified atom stereocenters. The first-order valence-electron chi connectivity index (χ1n) is 11.5. The maximum Gasteiger partial charge on any atom is 0.195 e. The van der Waals surface area contributed by atoms with Gasteiger partial charge in [0, 0.05) is 32.7 Å². The number of ether oxygens (including phenoxy) is 1. The summed E-state index contributed by atoms with van der Waals surface area (Å²) >= 11 is 5.48. The molecule has 8 heteroatoms. The van der Waals surface area contributed by atoms with Gasteiger partial charge in [-0.1, -0.05) is 32.0 Å². The van der Waals surface area contributed by atoms with Crippen LogP contribution in [0.4, 0.5) is 0 Å². The number of nitrogens with zero attached hydrogens (tertiary/aromatic N) is 4. The third-order valence-corrected chi connectivity index (χ3v) is 6.53. The Morgan fingerprint density at radius 2 is 1.82 bits per heavy atom. The van der Waals surface area contributed by atoms with Gasteiger partial charge in [-0.2, -0.15) is 5.10 Å². The minimum absolute atomic E-state index is 0.193. The third kappa shape index (κ3) is 5.82. The number of benzene rings is 2. The van der Waals surface area contributed by atoms with Crippen LogP contribution in [0.3, 0.4) is 0 Å². The SMILES string of the molecule is CC(C)c1ccc(O)c(-c2n[nH]c(=S)n2Cc2ccc(OCCN3CCN(C)CC3)cc2)c1. The van der Waals surface area contributed by atoms with E-state index >= 15 is 0 Å². The van der Waals surface area contributed by atoms with Gasteiger partial charge in [0.15, 0.2) is 10.6 Å². The number of piperazine rings is 1. The number of aromatic hydroxyl groups is 1. The molecule has 0 spiro atoms. The van der Waals surface area contributed by atoms with E-state index in [4.69, 9.17) is 17.0 Å². The molecule has 2 N–H and O–H groups in total. The zero-order valence-electron chi connectivity index (χ0n) is 19.6. The van der Waals surface area contributed by atoms with Crippen LogP contribution in [0.1, 0.15) is 30.9 Å². The molecule has 0 aliphatic carbocycles. The smallest absolute Gasteiger partial charge is 0.195 e. The lowest BCUT2D eigenvalue weighted by Gasteiger charge is -2.32. The summed E-state index contributed by atoms with van der Waals surface area (Å²) in [6.07, 6.45) is 0. The molecule has 0 saturated carbocycles. The van der Waals surface area contributed by atoms with E-state index in [2.05, 4.69) is 40.9 Å². The van der Waals surface area contributed by atoms with Crippen molar-refractivity contribution in [2.45, 2.75) is 26.3 Å². The standard InChI is InChI=1S/C25H33N5O2S/c1-18(2)20-6-9-23(31)22(16-20)24-26-27-25(33)30(24)17-19-4-7-21(8-5-19)32-15-14-29-12-10-28(3)11-13-29/h4-9,16,18,31H,10-15,17H2,1-3H3,(H,27,33). The second-order valence-corrected chi connectivity index (χ2v) is 9.39. The van der Waals surface area contributed by atoms with Gasteiger partial charge >= 0.3 is 0 Å². The zero-order chi connectivity index (χ0) is 23.4. The van der Waals surface area contributed by atoms with Crippen molar-refractivity contribution in [2.75, 3.05) is 46.4 Å². The van der Waals surface area contributed by atoms with Gasteiger partial charge in [0.1, 0.15) is 18.1 Å². The molecule has 3 aromatic rings. The molecule has 0 radical (unpaired) electrons. The second kappa shape index (κ2) is 10.5. The lowest BCUT2D eigenvalue weighted by molar-refractivity contribution is 0.133. The van der Waals surface area contributed by atoms with Crippen molar-refractivity contribution in [1.82, 2.24) is 24.6 Å². The van der Waals surface area contributed by atoms with Crippen molar-refractivity contribution in [3.63, 3.8) is 0 Å². The van der Waals surface area contributed by atoms with Gasteiger partial charge in [0.2, 0.25) is 0 Å². The van der Waals surface area contributed by atoms with Gasteiger partial charge in [-0.05, 0) is 60.6 Å². The van der Waals surface area contributed by atoms with Crippen LogP contribution in [0.15, 0.2) is 42.5 Å². The highest BCUT2D eigenvalue weighted by Crippen LogP contribution is 2.31. The number of likely N-dealkylation sites (N-methyl/N-ethyl adjacent to an activating group) is 1. The molecule has 0 atom stereocenters. The molecule has 7 nitrogen and oxygen atoms in total. The predicted octanol–water partition coefficient (Wildman–Crippen LogP) is 4.11. The van der Waals surface area contributed by atoms with E-state index in [9.17, 15) is 5.11 Å². The molecule has 1 aliphatic heterocycles. The first kappa shape index (κ1) is 23.5. The molecule has 0 bridgehead atoms. The number of phenols is 1. The molecule has 4 rings (SSSR count). The van der Waals surface area contributed by atoms with Crippen LogP contribution in [0.5, 0.6) is 11.5 Å². The molecule has 1 saturated heterocycles. The summed E-state index contributed by atoms with van der Waals surface area (Å²) in [5.74, 6) is 2.04. The number of hydrogen-bond donors (Lipinski definition) is 2. The summed E-state index contributed by atoms with van der Waals surface area (Å²) in [5.41, 5.74) is 2.90. The Labute approximate surface area is 200 Å². The van der Waals surface area contributed by atoms with Gasteiger partial charge in [0.05, 0.1) is 12.1 Å². The number of hydrogen-bond acceptors (Lipinski definition) is 6.